The first kappa shape index (κ1) is 15.9. The predicted molar refractivity (Wildman–Crippen MR) is 86.9 cm³/mol. The number of hydrogen-bond acceptors (Lipinski definition) is 4. The summed E-state index contributed by atoms with van der Waals surface area (Å²) in [6.45, 7) is 5.09. The van der Waals surface area contributed by atoms with Crippen molar-refractivity contribution >= 4 is 17.6 Å². The lowest BCUT2D eigenvalue weighted by atomic mass is 9.93. The predicted octanol–water partition coefficient (Wildman–Crippen LogP) is 1.84. The standard InChI is InChI=1S/C17H19FN4O3/c1-3-17-9-20(6-7-22(17)16(24)25-10-17)15(23)13-14(18)21-8-11(2)4-5-12(21)19-13/h4-5,8H,3,6-7,9-10H2,1-2H3. The van der Waals surface area contributed by atoms with Crippen molar-refractivity contribution in [2.45, 2.75) is 25.8 Å². The summed E-state index contributed by atoms with van der Waals surface area (Å²) in [7, 11) is 0. The van der Waals surface area contributed by atoms with Crippen LogP contribution in [0.5, 0.6) is 0 Å². The molecule has 0 saturated carbocycles. The maximum atomic E-state index is 14.7. The van der Waals surface area contributed by atoms with Crippen molar-refractivity contribution in [2.24, 2.45) is 0 Å². The Morgan fingerprint density at radius 3 is 2.96 bits per heavy atom. The van der Waals surface area contributed by atoms with Crippen LogP contribution in [0.25, 0.3) is 5.65 Å². The SMILES string of the molecule is CCC12COC(=O)N1CCN(C(=O)c1nc3ccc(C)cn3c1F)C2. The van der Waals surface area contributed by atoms with Gasteiger partial charge in [-0.05, 0) is 25.0 Å². The van der Waals surface area contributed by atoms with E-state index in [9.17, 15) is 14.0 Å². The van der Waals surface area contributed by atoms with Gasteiger partial charge in [0, 0.05) is 25.8 Å². The highest BCUT2D eigenvalue weighted by Crippen LogP contribution is 2.32. The number of ether oxygens (including phenoxy) is 1. The van der Waals surface area contributed by atoms with Gasteiger partial charge in [-0.15, -0.1) is 0 Å². The van der Waals surface area contributed by atoms with Crippen LogP contribution in [-0.4, -0.2) is 63.0 Å². The first-order valence-corrected chi connectivity index (χ1v) is 8.33. The van der Waals surface area contributed by atoms with Gasteiger partial charge in [0.2, 0.25) is 5.95 Å². The van der Waals surface area contributed by atoms with Crippen LogP contribution in [0.2, 0.25) is 0 Å². The van der Waals surface area contributed by atoms with Crippen molar-refractivity contribution in [1.29, 1.82) is 0 Å². The van der Waals surface area contributed by atoms with Crippen LogP contribution < -0.4 is 0 Å². The molecular weight excluding hydrogens is 327 g/mol. The molecule has 2 aliphatic rings. The molecule has 8 heteroatoms. The van der Waals surface area contributed by atoms with Gasteiger partial charge in [0.05, 0.1) is 5.54 Å². The summed E-state index contributed by atoms with van der Waals surface area (Å²) in [5.41, 5.74) is 0.560. The molecule has 2 fully saturated rings. The molecule has 0 aliphatic carbocycles. The highest BCUT2D eigenvalue weighted by Gasteiger charge is 2.50. The molecule has 2 aromatic rings. The molecule has 4 heterocycles. The third-order valence-corrected chi connectivity index (χ3v) is 5.19. The molecule has 0 aromatic carbocycles. The first-order valence-electron chi connectivity index (χ1n) is 8.33. The summed E-state index contributed by atoms with van der Waals surface area (Å²) in [5.74, 6) is -1.11. The lowest BCUT2D eigenvalue weighted by Crippen LogP contribution is -2.62. The van der Waals surface area contributed by atoms with Crippen LogP contribution in [0, 0.1) is 12.9 Å². The van der Waals surface area contributed by atoms with Crippen LogP contribution in [0.4, 0.5) is 9.18 Å². The monoisotopic (exact) mass is 346 g/mol. The van der Waals surface area contributed by atoms with Crippen LogP contribution in [0.15, 0.2) is 18.3 Å². The van der Waals surface area contributed by atoms with E-state index in [1.807, 2.05) is 19.9 Å². The average Bonchev–Trinajstić information content (AvgIpc) is 3.12. The topological polar surface area (TPSA) is 67.2 Å². The summed E-state index contributed by atoms with van der Waals surface area (Å²) in [6.07, 6.45) is 1.93. The largest absolute Gasteiger partial charge is 0.447 e. The fourth-order valence-electron chi connectivity index (χ4n) is 3.65. The van der Waals surface area contributed by atoms with Crippen LogP contribution in [0.3, 0.4) is 0 Å². The summed E-state index contributed by atoms with van der Waals surface area (Å²) in [6, 6.07) is 3.51. The van der Waals surface area contributed by atoms with Gasteiger partial charge in [0.25, 0.3) is 5.91 Å². The number of fused-ring (bicyclic) bond motifs is 2. The van der Waals surface area contributed by atoms with Crippen molar-refractivity contribution in [3.63, 3.8) is 0 Å². The van der Waals surface area contributed by atoms with E-state index in [-0.39, 0.29) is 18.4 Å². The summed E-state index contributed by atoms with van der Waals surface area (Å²) in [5, 5.41) is 0. The molecule has 0 N–H and O–H groups in total. The maximum absolute atomic E-state index is 14.7. The first-order chi connectivity index (χ1) is 11.9. The van der Waals surface area contributed by atoms with Crippen molar-refractivity contribution in [3.05, 3.63) is 35.5 Å². The summed E-state index contributed by atoms with van der Waals surface area (Å²) >= 11 is 0. The Bertz CT molecular complexity index is 880. The highest BCUT2D eigenvalue weighted by molar-refractivity contribution is 5.93. The number of cyclic esters (lactones) is 1. The zero-order valence-corrected chi connectivity index (χ0v) is 14.2. The molecule has 2 aliphatic heterocycles. The Kier molecular flexibility index (Phi) is 3.45. The summed E-state index contributed by atoms with van der Waals surface area (Å²) < 4.78 is 21.1. The van der Waals surface area contributed by atoms with E-state index < -0.39 is 17.4 Å². The number of aromatic nitrogens is 2. The highest BCUT2D eigenvalue weighted by atomic mass is 19.1. The van der Waals surface area contributed by atoms with E-state index in [0.29, 0.717) is 31.7 Å². The van der Waals surface area contributed by atoms with Crippen LogP contribution in [-0.2, 0) is 4.74 Å². The van der Waals surface area contributed by atoms with E-state index in [4.69, 9.17) is 4.74 Å². The van der Waals surface area contributed by atoms with E-state index >= 15 is 0 Å². The number of halogens is 1. The number of pyridine rings is 1. The molecule has 7 nitrogen and oxygen atoms in total. The molecule has 25 heavy (non-hydrogen) atoms. The Morgan fingerprint density at radius 2 is 2.20 bits per heavy atom. The molecule has 2 amide bonds. The van der Waals surface area contributed by atoms with Gasteiger partial charge in [-0.25, -0.2) is 9.78 Å². The number of piperazine rings is 1. The quantitative estimate of drug-likeness (QED) is 0.832. The van der Waals surface area contributed by atoms with Gasteiger partial charge in [-0.1, -0.05) is 13.0 Å². The van der Waals surface area contributed by atoms with Crippen molar-refractivity contribution in [1.82, 2.24) is 19.2 Å². The smallest absolute Gasteiger partial charge is 0.410 e. The van der Waals surface area contributed by atoms with E-state index in [1.165, 1.54) is 4.40 Å². The summed E-state index contributed by atoms with van der Waals surface area (Å²) in [4.78, 5) is 32.1. The minimum atomic E-state index is -0.657. The molecule has 132 valence electrons. The fraction of sp³-hybridized carbons (Fsp3) is 0.471. The number of amides is 2. The van der Waals surface area contributed by atoms with E-state index in [2.05, 4.69) is 4.98 Å². The molecule has 2 aromatic heterocycles. The molecule has 0 radical (unpaired) electrons. The molecular formula is C17H19FN4O3. The van der Waals surface area contributed by atoms with Gasteiger partial charge < -0.3 is 9.64 Å². The second-order valence-electron chi connectivity index (χ2n) is 6.70. The number of rotatable bonds is 2. The molecule has 1 unspecified atom stereocenters. The molecule has 2 saturated heterocycles. The second kappa shape index (κ2) is 5.44. The number of carbonyl (C=O) groups is 2. The van der Waals surface area contributed by atoms with E-state index in [1.54, 1.807) is 22.1 Å². The number of hydrogen-bond donors (Lipinski definition) is 0. The zero-order chi connectivity index (χ0) is 17.8. The lowest BCUT2D eigenvalue weighted by molar-refractivity contribution is 0.0354. The van der Waals surface area contributed by atoms with Crippen LogP contribution in [0.1, 0.15) is 29.4 Å². The molecule has 4 rings (SSSR count). The Morgan fingerprint density at radius 1 is 1.40 bits per heavy atom. The second-order valence-corrected chi connectivity index (χ2v) is 6.70. The number of aryl methyl sites for hydroxylation is 1. The van der Waals surface area contributed by atoms with Gasteiger partial charge in [0.15, 0.2) is 5.69 Å². The van der Waals surface area contributed by atoms with Gasteiger partial charge >= 0.3 is 6.09 Å². The molecule has 1 atom stereocenters. The lowest BCUT2D eigenvalue weighted by Gasteiger charge is -2.43. The maximum Gasteiger partial charge on any atom is 0.410 e. The minimum absolute atomic E-state index is 0.185. The van der Waals surface area contributed by atoms with Crippen molar-refractivity contribution in [2.75, 3.05) is 26.2 Å². The Labute approximate surface area is 144 Å². The van der Waals surface area contributed by atoms with Crippen molar-refractivity contribution < 1.29 is 18.7 Å². The number of imidazole rings is 1. The van der Waals surface area contributed by atoms with Crippen LogP contribution >= 0.6 is 0 Å². The Balaban J connectivity index is 1.66. The van der Waals surface area contributed by atoms with Crippen molar-refractivity contribution in [3.8, 4) is 0 Å². The third-order valence-electron chi connectivity index (χ3n) is 5.19. The van der Waals surface area contributed by atoms with Gasteiger partial charge in [-0.3, -0.25) is 14.1 Å². The van der Waals surface area contributed by atoms with E-state index in [0.717, 1.165) is 5.56 Å². The fourth-order valence-corrected chi connectivity index (χ4v) is 3.65. The third kappa shape index (κ3) is 2.27. The average molecular weight is 346 g/mol. The molecule has 0 spiro atoms. The molecule has 0 bridgehead atoms. The zero-order valence-electron chi connectivity index (χ0n) is 14.2. The van der Waals surface area contributed by atoms with Gasteiger partial charge in [-0.2, -0.15) is 4.39 Å². The van der Waals surface area contributed by atoms with Gasteiger partial charge in [0.1, 0.15) is 12.3 Å². The minimum Gasteiger partial charge on any atom is -0.447 e. The number of nitrogens with zero attached hydrogens (tertiary/aromatic N) is 4. The normalized spacial score (nSPS) is 23.1. The number of carbonyl (C=O) groups excluding carboxylic acids is 2. The Hall–Kier alpha value is -2.64.